The van der Waals surface area contributed by atoms with Gasteiger partial charge in [-0.05, 0) is 18.6 Å². The predicted molar refractivity (Wildman–Crippen MR) is 74.2 cm³/mol. The minimum absolute atomic E-state index is 0.0532. The summed E-state index contributed by atoms with van der Waals surface area (Å²) in [5.41, 5.74) is 0. The summed E-state index contributed by atoms with van der Waals surface area (Å²) in [6.07, 6.45) is 1.10. The van der Waals surface area contributed by atoms with E-state index >= 15 is 0 Å². The fraction of sp³-hybridized carbons (Fsp3) is 0.462. The normalized spacial score (nSPS) is 12.9. The van der Waals surface area contributed by atoms with Crippen molar-refractivity contribution in [3.8, 4) is 5.75 Å². The van der Waals surface area contributed by atoms with E-state index in [9.17, 15) is 13.2 Å². The number of hydrogen-bond donors (Lipinski definition) is 2. The number of methoxy groups -OCH3 is 1. The molecule has 7 heteroatoms. The summed E-state index contributed by atoms with van der Waals surface area (Å²) in [6, 6.07) is 6.02. The van der Waals surface area contributed by atoms with Gasteiger partial charge in [-0.25, -0.2) is 13.1 Å². The first kappa shape index (κ1) is 16.5. The van der Waals surface area contributed by atoms with Crippen LogP contribution in [-0.2, 0) is 14.8 Å². The van der Waals surface area contributed by atoms with Crippen LogP contribution in [0, 0.1) is 5.92 Å². The van der Waals surface area contributed by atoms with Gasteiger partial charge in [-0.1, -0.05) is 19.4 Å². The molecule has 0 amide bonds. The van der Waals surface area contributed by atoms with E-state index in [1.807, 2.05) is 6.92 Å². The number of benzene rings is 1. The fourth-order valence-corrected chi connectivity index (χ4v) is 2.84. The molecule has 0 aliphatic heterocycles. The minimum Gasteiger partial charge on any atom is -0.497 e. The zero-order valence-corrected chi connectivity index (χ0v) is 12.3. The molecule has 0 aliphatic rings. The highest BCUT2D eigenvalue weighted by Crippen LogP contribution is 2.17. The molecule has 0 spiro atoms. The van der Waals surface area contributed by atoms with Crippen LogP contribution in [-0.4, -0.2) is 33.1 Å². The van der Waals surface area contributed by atoms with E-state index in [0.29, 0.717) is 18.6 Å². The second-order valence-electron chi connectivity index (χ2n) is 4.35. The molecule has 1 atom stereocenters. The summed E-state index contributed by atoms with van der Waals surface area (Å²) in [6.45, 7) is 1.73. The van der Waals surface area contributed by atoms with Gasteiger partial charge in [0.05, 0.1) is 17.9 Å². The Morgan fingerprint density at radius 2 is 2.15 bits per heavy atom. The third-order valence-electron chi connectivity index (χ3n) is 2.86. The zero-order chi connectivity index (χ0) is 15.2. The van der Waals surface area contributed by atoms with Gasteiger partial charge < -0.3 is 9.84 Å². The quantitative estimate of drug-likeness (QED) is 0.758. The molecule has 0 aromatic heterocycles. The predicted octanol–water partition coefficient (Wildman–Crippen LogP) is 1.47. The zero-order valence-electron chi connectivity index (χ0n) is 11.5. The number of sulfonamides is 1. The van der Waals surface area contributed by atoms with Crippen LogP contribution < -0.4 is 9.46 Å². The fourth-order valence-electron chi connectivity index (χ4n) is 1.72. The van der Waals surface area contributed by atoms with Crippen molar-refractivity contribution in [3.63, 3.8) is 0 Å². The van der Waals surface area contributed by atoms with Crippen molar-refractivity contribution in [2.75, 3.05) is 13.7 Å². The molecular formula is C13H19NO5S. The van der Waals surface area contributed by atoms with Gasteiger partial charge >= 0.3 is 5.97 Å². The van der Waals surface area contributed by atoms with Gasteiger partial charge in [0.15, 0.2) is 0 Å². The summed E-state index contributed by atoms with van der Waals surface area (Å²) >= 11 is 0. The average molecular weight is 301 g/mol. The van der Waals surface area contributed by atoms with Gasteiger partial charge in [-0.2, -0.15) is 0 Å². The van der Waals surface area contributed by atoms with Crippen molar-refractivity contribution < 1.29 is 23.1 Å². The number of aliphatic carboxylic acids is 1. The summed E-state index contributed by atoms with van der Waals surface area (Å²) in [4.78, 5) is 11.0. The van der Waals surface area contributed by atoms with E-state index in [-0.39, 0.29) is 11.4 Å². The lowest BCUT2D eigenvalue weighted by Crippen LogP contribution is -2.33. The largest absolute Gasteiger partial charge is 0.497 e. The standard InChI is InChI=1S/C13H19NO5S/c1-3-5-10(13(15)16)9-14-20(17,18)12-7-4-6-11(8-12)19-2/h4,6-8,10,14H,3,5,9H2,1-2H3,(H,15,16). The van der Waals surface area contributed by atoms with Crippen molar-refractivity contribution in [1.82, 2.24) is 4.72 Å². The number of rotatable bonds is 8. The van der Waals surface area contributed by atoms with E-state index in [4.69, 9.17) is 9.84 Å². The van der Waals surface area contributed by atoms with Crippen LogP contribution in [0.2, 0.25) is 0 Å². The first-order valence-corrected chi connectivity index (χ1v) is 7.75. The topological polar surface area (TPSA) is 92.7 Å². The number of carbonyl (C=O) groups is 1. The van der Waals surface area contributed by atoms with Crippen molar-refractivity contribution in [3.05, 3.63) is 24.3 Å². The number of nitrogens with one attached hydrogen (secondary N) is 1. The van der Waals surface area contributed by atoms with Crippen LogP contribution in [0.5, 0.6) is 5.75 Å². The molecule has 0 saturated carbocycles. The third kappa shape index (κ3) is 4.50. The van der Waals surface area contributed by atoms with Crippen molar-refractivity contribution in [2.24, 2.45) is 5.92 Å². The maximum Gasteiger partial charge on any atom is 0.307 e. The van der Waals surface area contributed by atoms with Crippen LogP contribution in [0.3, 0.4) is 0 Å². The monoisotopic (exact) mass is 301 g/mol. The maximum absolute atomic E-state index is 12.1. The third-order valence-corrected chi connectivity index (χ3v) is 4.28. The Balaban J connectivity index is 2.81. The summed E-state index contributed by atoms with van der Waals surface area (Å²) in [5, 5.41) is 9.00. The van der Waals surface area contributed by atoms with Crippen LogP contribution >= 0.6 is 0 Å². The molecule has 1 unspecified atom stereocenters. The SMILES string of the molecule is CCCC(CNS(=O)(=O)c1cccc(OC)c1)C(=O)O. The van der Waals surface area contributed by atoms with Crippen molar-refractivity contribution in [2.45, 2.75) is 24.7 Å². The minimum atomic E-state index is -3.73. The van der Waals surface area contributed by atoms with Gasteiger partial charge in [-0.15, -0.1) is 0 Å². The van der Waals surface area contributed by atoms with E-state index in [1.54, 1.807) is 12.1 Å². The lowest BCUT2D eigenvalue weighted by Gasteiger charge is -2.13. The molecule has 1 aromatic carbocycles. The van der Waals surface area contributed by atoms with Crippen LogP contribution in [0.4, 0.5) is 0 Å². The average Bonchev–Trinajstić information content (AvgIpc) is 2.43. The molecular weight excluding hydrogens is 282 g/mol. The Hall–Kier alpha value is -1.60. The molecule has 20 heavy (non-hydrogen) atoms. The van der Waals surface area contributed by atoms with Gasteiger partial charge in [0.25, 0.3) is 0 Å². The van der Waals surface area contributed by atoms with Crippen LogP contribution in [0.1, 0.15) is 19.8 Å². The Bertz CT molecular complexity index is 556. The van der Waals surface area contributed by atoms with Crippen LogP contribution in [0.25, 0.3) is 0 Å². The molecule has 6 nitrogen and oxygen atoms in total. The van der Waals surface area contributed by atoms with Crippen molar-refractivity contribution >= 4 is 16.0 Å². The van der Waals surface area contributed by atoms with Gasteiger partial charge in [0.1, 0.15) is 5.75 Å². The molecule has 2 N–H and O–H groups in total. The Morgan fingerprint density at radius 1 is 1.45 bits per heavy atom. The molecule has 0 bridgehead atoms. The number of carboxylic acids is 1. The number of ether oxygens (including phenoxy) is 1. The van der Waals surface area contributed by atoms with Crippen LogP contribution in [0.15, 0.2) is 29.2 Å². The lowest BCUT2D eigenvalue weighted by molar-refractivity contribution is -0.141. The van der Waals surface area contributed by atoms with Crippen molar-refractivity contribution in [1.29, 1.82) is 0 Å². The first-order chi connectivity index (χ1) is 9.40. The summed E-state index contributed by atoms with van der Waals surface area (Å²) < 4.78 is 31.4. The Morgan fingerprint density at radius 3 is 2.70 bits per heavy atom. The molecule has 0 saturated heterocycles. The van der Waals surface area contributed by atoms with E-state index < -0.39 is 21.9 Å². The second kappa shape index (κ2) is 7.25. The van der Waals surface area contributed by atoms with Gasteiger partial charge in [0, 0.05) is 12.6 Å². The van der Waals surface area contributed by atoms with E-state index in [1.165, 1.54) is 19.2 Å². The highest BCUT2D eigenvalue weighted by Gasteiger charge is 2.21. The van der Waals surface area contributed by atoms with E-state index in [0.717, 1.165) is 0 Å². The smallest absolute Gasteiger partial charge is 0.307 e. The molecule has 1 rings (SSSR count). The Kier molecular flexibility index (Phi) is 5.97. The molecule has 0 aliphatic carbocycles. The Labute approximate surface area is 118 Å². The maximum atomic E-state index is 12.1. The lowest BCUT2D eigenvalue weighted by atomic mass is 10.1. The second-order valence-corrected chi connectivity index (χ2v) is 6.12. The molecule has 0 heterocycles. The molecule has 0 radical (unpaired) electrons. The number of carboxylic acid groups (broad SMARTS) is 1. The van der Waals surface area contributed by atoms with E-state index in [2.05, 4.69) is 4.72 Å². The van der Waals surface area contributed by atoms with Gasteiger partial charge in [-0.3, -0.25) is 4.79 Å². The highest BCUT2D eigenvalue weighted by molar-refractivity contribution is 7.89. The molecule has 1 aromatic rings. The summed E-state index contributed by atoms with van der Waals surface area (Å²) in [7, 11) is -2.29. The highest BCUT2D eigenvalue weighted by atomic mass is 32.2. The molecule has 112 valence electrons. The van der Waals surface area contributed by atoms with Gasteiger partial charge in [0.2, 0.25) is 10.0 Å². The summed E-state index contributed by atoms with van der Waals surface area (Å²) in [5.74, 6) is -1.29. The molecule has 0 fully saturated rings. The number of hydrogen-bond acceptors (Lipinski definition) is 4. The first-order valence-electron chi connectivity index (χ1n) is 6.27.